The van der Waals surface area contributed by atoms with Crippen molar-refractivity contribution in [1.82, 2.24) is 4.90 Å². The molecule has 1 aromatic carbocycles. The van der Waals surface area contributed by atoms with Gasteiger partial charge in [0.2, 0.25) is 0 Å². The molecular formula is C13H17BrFNO. The maximum absolute atomic E-state index is 13.6. The Kier molecular flexibility index (Phi) is 3.85. The molecule has 4 heteroatoms. The molecule has 1 heterocycles. The van der Waals surface area contributed by atoms with Gasteiger partial charge in [-0.1, -0.05) is 15.9 Å². The highest BCUT2D eigenvalue weighted by Crippen LogP contribution is 2.24. The second-order valence-corrected chi connectivity index (χ2v) is 5.92. The molecule has 0 aliphatic carbocycles. The maximum atomic E-state index is 13.6. The summed E-state index contributed by atoms with van der Waals surface area (Å²) in [7, 11) is 0. The minimum absolute atomic E-state index is 0.162. The summed E-state index contributed by atoms with van der Waals surface area (Å²) in [5, 5.41) is 9.85. The van der Waals surface area contributed by atoms with Gasteiger partial charge in [-0.05, 0) is 38.0 Å². The minimum atomic E-state index is -0.549. The summed E-state index contributed by atoms with van der Waals surface area (Å²) in [6.45, 7) is 4.11. The Balaban J connectivity index is 2.00. The third-order valence-corrected chi connectivity index (χ3v) is 3.83. The largest absolute Gasteiger partial charge is 0.390 e. The lowest BCUT2D eigenvalue weighted by Gasteiger charge is -2.35. The van der Waals surface area contributed by atoms with Crippen molar-refractivity contribution < 1.29 is 9.50 Å². The first-order chi connectivity index (χ1) is 7.96. The van der Waals surface area contributed by atoms with E-state index in [9.17, 15) is 9.50 Å². The zero-order valence-corrected chi connectivity index (χ0v) is 11.5. The average Bonchev–Trinajstić information content (AvgIpc) is 2.26. The van der Waals surface area contributed by atoms with Crippen molar-refractivity contribution in [2.75, 3.05) is 13.1 Å². The first kappa shape index (κ1) is 13.0. The van der Waals surface area contributed by atoms with Gasteiger partial charge in [-0.25, -0.2) is 4.39 Å². The quantitative estimate of drug-likeness (QED) is 0.908. The van der Waals surface area contributed by atoms with Gasteiger partial charge >= 0.3 is 0 Å². The summed E-state index contributed by atoms with van der Waals surface area (Å²) in [5.74, 6) is -0.162. The van der Waals surface area contributed by atoms with Gasteiger partial charge in [-0.2, -0.15) is 0 Å². The van der Waals surface area contributed by atoms with Crippen LogP contribution in [0.25, 0.3) is 0 Å². The highest BCUT2D eigenvalue weighted by atomic mass is 79.9. The van der Waals surface area contributed by atoms with E-state index in [1.807, 2.05) is 13.0 Å². The third-order valence-electron chi connectivity index (χ3n) is 3.33. The molecule has 17 heavy (non-hydrogen) atoms. The third kappa shape index (κ3) is 3.50. The summed E-state index contributed by atoms with van der Waals surface area (Å²) >= 11 is 3.35. The molecule has 1 aliphatic heterocycles. The fraction of sp³-hybridized carbons (Fsp3) is 0.538. The van der Waals surface area contributed by atoms with E-state index >= 15 is 0 Å². The molecule has 0 aromatic heterocycles. The summed E-state index contributed by atoms with van der Waals surface area (Å²) in [6.07, 6.45) is 1.51. The number of nitrogens with zero attached hydrogens (tertiary/aromatic N) is 1. The Bertz CT molecular complexity index is 398. The van der Waals surface area contributed by atoms with Crippen LogP contribution in [-0.2, 0) is 6.54 Å². The van der Waals surface area contributed by atoms with Gasteiger partial charge in [-0.15, -0.1) is 0 Å². The van der Waals surface area contributed by atoms with Crippen LogP contribution in [-0.4, -0.2) is 28.7 Å². The highest BCUT2D eigenvalue weighted by molar-refractivity contribution is 9.10. The maximum Gasteiger partial charge on any atom is 0.127 e. The van der Waals surface area contributed by atoms with Crippen LogP contribution < -0.4 is 0 Å². The Morgan fingerprint density at radius 1 is 1.41 bits per heavy atom. The second-order valence-electron chi connectivity index (χ2n) is 5.01. The molecule has 0 radical (unpaired) electrons. The predicted octanol–water partition coefficient (Wildman–Crippen LogP) is 2.94. The van der Waals surface area contributed by atoms with Crippen LogP contribution in [0, 0.1) is 5.82 Å². The number of hydrogen-bond donors (Lipinski definition) is 1. The molecule has 0 bridgehead atoms. The normalized spacial score (nSPS) is 20.5. The van der Waals surface area contributed by atoms with Crippen LogP contribution in [0.4, 0.5) is 4.39 Å². The molecular weight excluding hydrogens is 285 g/mol. The minimum Gasteiger partial charge on any atom is -0.390 e. The van der Waals surface area contributed by atoms with Crippen molar-refractivity contribution in [3.8, 4) is 0 Å². The van der Waals surface area contributed by atoms with Gasteiger partial charge in [0, 0.05) is 29.7 Å². The van der Waals surface area contributed by atoms with Gasteiger partial charge in [-0.3, -0.25) is 4.90 Å². The summed E-state index contributed by atoms with van der Waals surface area (Å²) < 4.78 is 14.5. The standard InChI is InChI=1S/C13H17BrFNO/c1-13(17)4-6-16(7-5-13)9-10-8-11(14)2-3-12(10)15/h2-3,8,17H,4-7,9H2,1H3. The first-order valence-electron chi connectivity index (χ1n) is 5.85. The van der Waals surface area contributed by atoms with Crippen molar-refractivity contribution >= 4 is 15.9 Å². The van der Waals surface area contributed by atoms with Crippen LogP contribution in [0.5, 0.6) is 0 Å². The highest BCUT2D eigenvalue weighted by Gasteiger charge is 2.27. The number of halogens is 2. The van der Waals surface area contributed by atoms with E-state index in [2.05, 4.69) is 20.8 Å². The molecule has 1 aliphatic rings. The predicted molar refractivity (Wildman–Crippen MR) is 69.2 cm³/mol. The van der Waals surface area contributed by atoms with Gasteiger partial charge < -0.3 is 5.11 Å². The molecule has 1 saturated heterocycles. The van der Waals surface area contributed by atoms with Crippen LogP contribution in [0.1, 0.15) is 25.3 Å². The number of piperidine rings is 1. The van der Waals surface area contributed by atoms with Crippen LogP contribution in [0.15, 0.2) is 22.7 Å². The van der Waals surface area contributed by atoms with Crippen molar-refractivity contribution in [2.45, 2.75) is 31.9 Å². The van der Waals surface area contributed by atoms with Crippen molar-refractivity contribution in [1.29, 1.82) is 0 Å². The van der Waals surface area contributed by atoms with Crippen LogP contribution >= 0.6 is 15.9 Å². The fourth-order valence-electron chi connectivity index (χ4n) is 2.10. The Morgan fingerprint density at radius 2 is 2.06 bits per heavy atom. The van der Waals surface area contributed by atoms with E-state index in [4.69, 9.17) is 0 Å². The van der Waals surface area contributed by atoms with E-state index in [-0.39, 0.29) is 5.82 Å². The van der Waals surface area contributed by atoms with E-state index in [1.54, 1.807) is 6.07 Å². The fourth-order valence-corrected chi connectivity index (χ4v) is 2.51. The lowest BCUT2D eigenvalue weighted by atomic mass is 9.93. The molecule has 94 valence electrons. The Hall–Kier alpha value is -0.450. The second kappa shape index (κ2) is 5.04. The molecule has 0 amide bonds. The number of aliphatic hydroxyl groups is 1. The number of benzene rings is 1. The van der Waals surface area contributed by atoms with Gasteiger partial charge in [0.25, 0.3) is 0 Å². The van der Waals surface area contributed by atoms with E-state index in [0.29, 0.717) is 12.1 Å². The molecule has 1 aromatic rings. The van der Waals surface area contributed by atoms with Gasteiger partial charge in [0.15, 0.2) is 0 Å². The van der Waals surface area contributed by atoms with E-state index in [0.717, 1.165) is 30.4 Å². The molecule has 0 atom stereocenters. The molecule has 0 spiro atoms. The molecule has 1 N–H and O–H groups in total. The van der Waals surface area contributed by atoms with Crippen molar-refractivity contribution in [2.24, 2.45) is 0 Å². The first-order valence-corrected chi connectivity index (χ1v) is 6.64. The van der Waals surface area contributed by atoms with E-state index < -0.39 is 5.60 Å². The molecule has 0 saturated carbocycles. The van der Waals surface area contributed by atoms with Crippen LogP contribution in [0.2, 0.25) is 0 Å². The van der Waals surface area contributed by atoms with Gasteiger partial charge in [0.1, 0.15) is 5.82 Å². The zero-order chi connectivity index (χ0) is 12.5. The van der Waals surface area contributed by atoms with Gasteiger partial charge in [0.05, 0.1) is 5.60 Å². The summed E-state index contributed by atoms with van der Waals surface area (Å²) in [4.78, 5) is 2.18. The number of hydrogen-bond acceptors (Lipinski definition) is 2. The SMILES string of the molecule is CC1(O)CCN(Cc2cc(Br)ccc2F)CC1. The average molecular weight is 302 g/mol. The smallest absolute Gasteiger partial charge is 0.127 e. The lowest BCUT2D eigenvalue weighted by Crippen LogP contribution is -2.42. The Morgan fingerprint density at radius 3 is 2.71 bits per heavy atom. The number of likely N-dealkylation sites (tertiary alicyclic amines) is 1. The molecule has 0 unspecified atom stereocenters. The molecule has 2 nitrogen and oxygen atoms in total. The number of rotatable bonds is 2. The van der Waals surface area contributed by atoms with Crippen LogP contribution in [0.3, 0.4) is 0 Å². The van der Waals surface area contributed by atoms with E-state index in [1.165, 1.54) is 6.07 Å². The lowest BCUT2D eigenvalue weighted by molar-refractivity contribution is -0.00750. The van der Waals surface area contributed by atoms with Crippen molar-refractivity contribution in [3.63, 3.8) is 0 Å². The van der Waals surface area contributed by atoms with Crippen molar-refractivity contribution in [3.05, 3.63) is 34.1 Å². The summed E-state index contributed by atoms with van der Waals surface area (Å²) in [5.41, 5.74) is 0.160. The molecule has 2 rings (SSSR count). The monoisotopic (exact) mass is 301 g/mol. The summed E-state index contributed by atoms with van der Waals surface area (Å²) in [6, 6.07) is 5.02. The zero-order valence-electron chi connectivity index (χ0n) is 9.92. The topological polar surface area (TPSA) is 23.5 Å². The Labute approximate surface area is 110 Å². The molecule has 1 fully saturated rings.